The first-order chi connectivity index (χ1) is 10.3. The van der Waals surface area contributed by atoms with Gasteiger partial charge in [-0.3, -0.25) is 4.99 Å². The fraction of sp³-hybridized carbons (Fsp3) is 0.467. The van der Waals surface area contributed by atoms with E-state index in [1.165, 1.54) is 4.88 Å². The Kier molecular flexibility index (Phi) is 6.27. The maximum atomic E-state index is 5.31. The van der Waals surface area contributed by atoms with E-state index in [1.807, 2.05) is 18.3 Å². The van der Waals surface area contributed by atoms with Crippen LogP contribution in [0.2, 0.25) is 0 Å². The molecule has 0 saturated heterocycles. The van der Waals surface area contributed by atoms with Gasteiger partial charge in [-0.15, -0.1) is 11.3 Å². The predicted molar refractivity (Wildman–Crippen MR) is 86.9 cm³/mol. The van der Waals surface area contributed by atoms with Gasteiger partial charge in [-0.1, -0.05) is 0 Å². The Labute approximate surface area is 129 Å². The summed E-state index contributed by atoms with van der Waals surface area (Å²) < 4.78 is 5.31. The minimum Gasteiger partial charge on any atom is -0.469 e. The molecule has 0 aliphatic carbocycles. The van der Waals surface area contributed by atoms with Gasteiger partial charge in [-0.2, -0.15) is 0 Å². The summed E-state index contributed by atoms with van der Waals surface area (Å²) >= 11 is 1.74. The van der Waals surface area contributed by atoms with Gasteiger partial charge in [0.05, 0.1) is 11.3 Å². The third-order valence-electron chi connectivity index (χ3n) is 2.85. The average molecular weight is 306 g/mol. The van der Waals surface area contributed by atoms with Crippen molar-refractivity contribution in [1.82, 2.24) is 15.6 Å². The second-order valence-electron chi connectivity index (χ2n) is 4.63. The van der Waals surface area contributed by atoms with Crippen LogP contribution in [0.15, 0.2) is 34.0 Å². The summed E-state index contributed by atoms with van der Waals surface area (Å²) in [6.45, 7) is 6.53. The Morgan fingerprint density at radius 2 is 2.29 bits per heavy atom. The number of aliphatic imine (C=N–C) groups is 1. The van der Waals surface area contributed by atoms with Crippen molar-refractivity contribution < 1.29 is 4.42 Å². The molecule has 0 atom stereocenters. The molecule has 5 nitrogen and oxygen atoms in total. The highest BCUT2D eigenvalue weighted by Gasteiger charge is 2.01. The van der Waals surface area contributed by atoms with E-state index < -0.39 is 0 Å². The molecule has 0 unspecified atom stereocenters. The molecule has 0 radical (unpaired) electrons. The van der Waals surface area contributed by atoms with Gasteiger partial charge < -0.3 is 15.1 Å². The monoisotopic (exact) mass is 306 g/mol. The number of guanidine groups is 1. The van der Waals surface area contributed by atoms with Crippen LogP contribution >= 0.6 is 11.3 Å². The van der Waals surface area contributed by atoms with Gasteiger partial charge in [-0.25, -0.2) is 4.98 Å². The van der Waals surface area contributed by atoms with Crippen LogP contribution in [0.4, 0.5) is 0 Å². The van der Waals surface area contributed by atoms with Crippen molar-refractivity contribution in [1.29, 1.82) is 0 Å². The molecule has 0 fully saturated rings. The zero-order valence-corrected chi connectivity index (χ0v) is 13.4. The normalized spacial score (nSPS) is 11.6. The minimum absolute atomic E-state index is 0.739. The zero-order chi connectivity index (χ0) is 14.9. The number of aromatic nitrogens is 1. The molecule has 0 spiro atoms. The van der Waals surface area contributed by atoms with Crippen molar-refractivity contribution in [3.05, 3.63) is 40.2 Å². The van der Waals surface area contributed by atoms with Crippen molar-refractivity contribution in [3.63, 3.8) is 0 Å². The van der Waals surface area contributed by atoms with E-state index in [0.29, 0.717) is 0 Å². The first kappa shape index (κ1) is 15.6. The molecule has 2 rings (SSSR count). The lowest BCUT2D eigenvalue weighted by Crippen LogP contribution is -2.38. The highest BCUT2D eigenvalue weighted by Crippen LogP contribution is 2.11. The molecule has 0 saturated carbocycles. The molecule has 0 aromatic carbocycles. The Balaban J connectivity index is 1.75. The van der Waals surface area contributed by atoms with Gasteiger partial charge in [-0.05, 0) is 26.0 Å². The van der Waals surface area contributed by atoms with Crippen LogP contribution in [0.3, 0.4) is 0 Å². The molecular formula is C15H22N4OS. The van der Waals surface area contributed by atoms with E-state index in [9.17, 15) is 0 Å². The van der Waals surface area contributed by atoms with Crippen molar-refractivity contribution in [2.24, 2.45) is 4.99 Å². The number of rotatable bonds is 7. The van der Waals surface area contributed by atoms with Gasteiger partial charge in [0.1, 0.15) is 5.76 Å². The van der Waals surface area contributed by atoms with Gasteiger partial charge in [0, 0.05) is 43.5 Å². The van der Waals surface area contributed by atoms with Gasteiger partial charge in [0.25, 0.3) is 0 Å². The fourth-order valence-electron chi connectivity index (χ4n) is 1.88. The van der Waals surface area contributed by atoms with Crippen LogP contribution in [-0.2, 0) is 12.8 Å². The van der Waals surface area contributed by atoms with Crippen LogP contribution in [0.25, 0.3) is 0 Å². The van der Waals surface area contributed by atoms with E-state index in [1.54, 1.807) is 17.6 Å². The smallest absolute Gasteiger partial charge is 0.191 e. The van der Waals surface area contributed by atoms with E-state index in [-0.39, 0.29) is 0 Å². The number of nitrogens with one attached hydrogen (secondary N) is 2. The Bertz CT molecular complexity index is 548. The summed E-state index contributed by atoms with van der Waals surface area (Å²) in [4.78, 5) is 10.2. The van der Waals surface area contributed by atoms with Crippen molar-refractivity contribution >= 4 is 17.3 Å². The molecule has 0 aliphatic rings. The second-order valence-corrected chi connectivity index (χ2v) is 5.95. The molecule has 6 heteroatoms. The molecule has 0 bridgehead atoms. The van der Waals surface area contributed by atoms with Crippen LogP contribution in [0.5, 0.6) is 0 Å². The van der Waals surface area contributed by atoms with Crippen LogP contribution in [-0.4, -0.2) is 30.6 Å². The number of hydrogen-bond donors (Lipinski definition) is 2. The topological polar surface area (TPSA) is 62.5 Å². The summed E-state index contributed by atoms with van der Waals surface area (Å²) in [6, 6.07) is 3.89. The molecule has 0 amide bonds. The SMILES string of the molecule is CCNC(=NCCc1ncc(C)s1)NCCc1ccco1. The Hall–Kier alpha value is -1.82. The summed E-state index contributed by atoms with van der Waals surface area (Å²) in [6.07, 6.45) is 5.34. The van der Waals surface area contributed by atoms with E-state index in [0.717, 1.165) is 49.2 Å². The standard InChI is InChI=1S/C15H22N4OS/c1-3-16-15(17-8-6-13-5-4-10-20-13)18-9-7-14-19-11-12(2)21-14/h4-5,10-11H,3,6-9H2,1-2H3,(H2,16,17,18). The van der Waals surface area contributed by atoms with E-state index in [2.05, 4.69) is 34.5 Å². The maximum Gasteiger partial charge on any atom is 0.191 e. The molecular weight excluding hydrogens is 284 g/mol. The highest BCUT2D eigenvalue weighted by molar-refractivity contribution is 7.11. The molecule has 2 aromatic heterocycles. The van der Waals surface area contributed by atoms with Crippen molar-refractivity contribution in [2.75, 3.05) is 19.6 Å². The largest absolute Gasteiger partial charge is 0.469 e. The zero-order valence-electron chi connectivity index (χ0n) is 12.6. The van der Waals surface area contributed by atoms with E-state index >= 15 is 0 Å². The molecule has 2 heterocycles. The van der Waals surface area contributed by atoms with Crippen LogP contribution in [0, 0.1) is 6.92 Å². The number of thiazole rings is 1. The molecule has 0 aliphatic heterocycles. The number of furan rings is 1. The third-order valence-corrected chi connectivity index (χ3v) is 3.83. The summed E-state index contributed by atoms with van der Waals surface area (Å²) in [5.41, 5.74) is 0. The molecule has 2 N–H and O–H groups in total. The van der Waals surface area contributed by atoms with Gasteiger partial charge >= 0.3 is 0 Å². The highest BCUT2D eigenvalue weighted by atomic mass is 32.1. The first-order valence-corrected chi connectivity index (χ1v) is 8.05. The minimum atomic E-state index is 0.739. The Morgan fingerprint density at radius 3 is 2.95 bits per heavy atom. The van der Waals surface area contributed by atoms with E-state index in [4.69, 9.17) is 4.42 Å². The average Bonchev–Trinajstić information content (AvgIpc) is 3.11. The van der Waals surface area contributed by atoms with Crippen LogP contribution in [0.1, 0.15) is 22.6 Å². The third kappa shape index (κ3) is 5.59. The molecule has 21 heavy (non-hydrogen) atoms. The quantitative estimate of drug-likeness (QED) is 0.609. The summed E-state index contributed by atoms with van der Waals surface area (Å²) in [5, 5.41) is 7.70. The number of aryl methyl sites for hydroxylation is 1. The van der Waals surface area contributed by atoms with Gasteiger partial charge in [0.2, 0.25) is 0 Å². The lowest BCUT2D eigenvalue weighted by Gasteiger charge is -2.10. The molecule has 2 aromatic rings. The molecule has 114 valence electrons. The van der Waals surface area contributed by atoms with Gasteiger partial charge in [0.15, 0.2) is 5.96 Å². The predicted octanol–water partition coefficient (Wildman–Crippen LogP) is 2.38. The lowest BCUT2D eigenvalue weighted by atomic mass is 10.3. The van der Waals surface area contributed by atoms with Crippen LogP contribution < -0.4 is 10.6 Å². The van der Waals surface area contributed by atoms with Crippen molar-refractivity contribution in [3.8, 4) is 0 Å². The maximum absolute atomic E-state index is 5.31. The fourth-order valence-corrected chi connectivity index (χ4v) is 2.66. The second kappa shape index (κ2) is 8.46. The summed E-state index contributed by atoms with van der Waals surface area (Å²) in [5.74, 6) is 1.83. The Morgan fingerprint density at radius 1 is 1.38 bits per heavy atom. The van der Waals surface area contributed by atoms with Crippen molar-refractivity contribution in [2.45, 2.75) is 26.7 Å². The first-order valence-electron chi connectivity index (χ1n) is 7.24. The summed E-state index contributed by atoms with van der Waals surface area (Å²) in [7, 11) is 0. The number of nitrogens with zero attached hydrogens (tertiary/aromatic N) is 2. The number of hydrogen-bond acceptors (Lipinski definition) is 4. The lowest BCUT2D eigenvalue weighted by molar-refractivity contribution is 0.507.